The first kappa shape index (κ1) is 18.4. The van der Waals surface area contributed by atoms with Crippen molar-refractivity contribution in [1.29, 1.82) is 0 Å². The quantitative estimate of drug-likeness (QED) is 0.588. The summed E-state index contributed by atoms with van der Waals surface area (Å²) in [7, 11) is 0. The lowest BCUT2D eigenvalue weighted by molar-refractivity contribution is -0.0946. The third kappa shape index (κ3) is 5.23. The molecule has 0 aromatic carbocycles. The lowest BCUT2D eigenvalue weighted by Crippen LogP contribution is -2.27. The highest BCUT2D eigenvalue weighted by atomic mass is 19.4. The third-order valence-corrected chi connectivity index (χ3v) is 2.05. The average molecular weight is 343 g/mol. The van der Waals surface area contributed by atoms with Gasteiger partial charge in [-0.2, -0.15) is 26.3 Å². The molecule has 0 aliphatic heterocycles. The monoisotopic (exact) mass is 343 g/mol. The van der Waals surface area contributed by atoms with Crippen LogP contribution in [0.1, 0.15) is 21.2 Å². The summed E-state index contributed by atoms with van der Waals surface area (Å²) in [5.41, 5.74) is 0.239. The second kappa shape index (κ2) is 6.62. The number of hydrogen-bond donors (Lipinski definition) is 0. The summed E-state index contributed by atoms with van der Waals surface area (Å²) in [4.78, 5) is 27.3. The Hall–Kier alpha value is -2.66. The predicted octanol–water partition coefficient (Wildman–Crippen LogP) is 2.81. The molecule has 6 nitrogen and oxygen atoms in total. The third-order valence-electron chi connectivity index (χ3n) is 2.05. The van der Waals surface area contributed by atoms with Crippen molar-refractivity contribution in [2.24, 2.45) is 0 Å². The van der Waals surface area contributed by atoms with Crippen molar-refractivity contribution in [3.8, 4) is 0 Å². The van der Waals surface area contributed by atoms with Crippen LogP contribution in [0.3, 0.4) is 0 Å². The molecule has 0 N–H and O–H groups in total. The Bertz CT molecular complexity index is 672. The molecule has 0 atom stereocenters. The first-order valence-corrected chi connectivity index (χ1v) is 5.56. The Labute approximate surface area is 123 Å². The second-order valence-corrected chi connectivity index (χ2v) is 3.89. The zero-order valence-electron chi connectivity index (χ0n) is 11.1. The highest BCUT2D eigenvalue weighted by Crippen LogP contribution is 2.20. The number of carbonyl (C=O) groups is 2. The van der Waals surface area contributed by atoms with Gasteiger partial charge in [0.25, 0.3) is 5.89 Å². The van der Waals surface area contributed by atoms with Crippen LogP contribution in [0.4, 0.5) is 26.3 Å². The summed E-state index contributed by atoms with van der Waals surface area (Å²) >= 11 is 0. The maximum absolute atomic E-state index is 11.7. The van der Waals surface area contributed by atoms with E-state index in [1.165, 1.54) is 6.92 Å². The van der Waals surface area contributed by atoms with E-state index < -0.39 is 29.9 Å². The molecule has 0 radical (unpaired) electrons. The largest absolute Gasteiger partial charge is 0.472 e. The topological polar surface area (TPSA) is 78.0 Å². The van der Waals surface area contributed by atoms with Gasteiger partial charge in [-0.05, 0) is 6.92 Å². The molecule has 2 heterocycles. The van der Waals surface area contributed by atoms with Crippen LogP contribution in [0, 0.1) is 6.92 Å². The molecule has 0 fully saturated rings. The number of hydrogen-bond acceptors (Lipinski definition) is 5. The van der Waals surface area contributed by atoms with Gasteiger partial charge < -0.3 is 4.42 Å². The van der Waals surface area contributed by atoms with E-state index in [1.54, 1.807) is 0 Å². The molecule has 126 valence electrons. The Balaban J connectivity index is 0.000000231. The van der Waals surface area contributed by atoms with Crippen molar-refractivity contribution in [3.63, 3.8) is 0 Å². The molecule has 0 unspecified atom stereocenters. The van der Waals surface area contributed by atoms with Crippen molar-refractivity contribution in [3.05, 3.63) is 36.6 Å². The normalized spacial score (nSPS) is 11.6. The SMILES string of the molecule is Cc1coc(C(=O)C(F)(F)F)n1.O=C(n1ccnc1)C(F)(F)F. The number of nitrogens with zero attached hydrogens (tertiary/aromatic N) is 3. The first-order valence-electron chi connectivity index (χ1n) is 5.56. The van der Waals surface area contributed by atoms with Gasteiger partial charge in [-0.1, -0.05) is 0 Å². The molecular weight excluding hydrogens is 336 g/mol. The molecule has 0 saturated heterocycles. The fourth-order valence-electron chi connectivity index (χ4n) is 1.11. The van der Waals surface area contributed by atoms with E-state index in [-0.39, 0.29) is 5.69 Å². The Morgan fingerprint density at radius 3 is 2.09 bits per heavy atom. The van der Waals surface area contributed by atoms with Crippen molar-refractivity contribution in [2.45, 2.75) is 19.3 Å². The highest BCUT2D eigenvalue weighted by Gasteiger charge is 2.42. The summed E-state index contributed by atoms with van der Waals surface area (Å²) in [6.45, 7) is 1.43. The number of ketones is 1. The van der Waals surface area contributed by atoms with E-state index in [1.807, 2.05) is 0 Å². The van der Waals surface area contributed by atoms with Crippen LogP contribution in [0.15, 0.2) is 29.4 Å². The minimum atomic E-state index is -4.92. The van der Waals surface area contributed by atoms with Gasteiger partial charge in [0.1, 0.15) is 12.6 Å². The number of alkyl halides is 6. The van der Waals surface area contributed by atoms with Crippen LogP contribution < -0.4 is 0 Å². The molecule has 0 amide bonds. The number of oxazole rings is 1. The molecule has 0 aliphatic rings. The van der Waals surface area contributed by atoms with Gasteiger partial charge in [0.05, 0.1) is 5.69 Å². The van der Waals surface area contributed by atoms with Crippen LogP contribution in [0.5, 0.6) is 0 Å². The summed E-state index contributed by atoms with van der Waals surface area (Å²) in [5, 5.41) is 0. The number of imidazole rings is 1. The van der Waals surface area contributed by atoms with Crippen molar-refractivity contribution < 1.29 is 40.3 Å². The molecule has 0 aliphatic carbocycles. The zero-order chi connectivity index (χ0) is 17.8. The van der Waals surface area contributed by atoms with Gasteiger partial charge in [0.2, 0.25) is 0 Å². The molecule has 2 rings (SSSR count). The zero-order valence-corrected chi connectivity index (χ0v) is 11.1. The van der Waals surface area contributed by atoms with E-state index in [9.17, 15) is 35.9 Å². The van der Waals surface area contributed by atoms with Crippen LogP contribution in [0.2, 0.25) is 0 Å². The summed E-state index contributed by atoms with van der Waals surface area (Å²) < 4.78 is 74.6. The van der Waals surface area contributed by atoms with E-state index in [0.29, 0.717) is 4.57 Å². The van der Waals surface area contributed by atoms with Gasteiger partial charge >= 0.3 is 24.0 Å². The molecule has 0 bridgehead atoms. The first-order chi connectivity index (χ1) is 10.4. The number of carbonyl (C=O) groups excluding carboxylic acids is 2. The van der Waals surface area contributed by atoms with Crippen LogP contribution in [-0.4, -0.2) is 38.6 Å². The Morgan fingerprint density at radius 1 is 1.13 bits per heavy atom. The number of aromatic nitrogens is 3. The van der Waals surface area contributed by atoms with Crippen LogP contribution in [0.25, 0.3) is 0 Å². The number of Topliss-reactive ketones (excluding diaryl/α,β-unsaturated/α-hetero) is 1. The van der Waals surface area contributed by atoms with Gasteiger partial charge in [0, 0.05) is 12.4 Å². The standard InChI is InChI=1S/C6H4F3NO2.C5H3F3N2O/c1-3-2-12-5(10-3)4(11)6(7,8)9;6-5(7,8)4(11)10-2-1-9-3-10/h2H,1H3;1-3H. The van der Waals surface area contributed by atoms with E-state index in [2.05, 4.69) is 14.4 Å². The molecule has 2 aromatic heterocycles. The van der Waals surface area contributed by atoms with Crippen molar-refractivity contribution >= 4 is 11.7 Å². The molecule has 0 saturated carbocycles. The minimum Gasteiger partial charge on any atom is -0.442 e. The number of halogens is 6. The molecular formula is C11H7F6N3O3. The van der Waals surface area contributed by atoms with Crippen molar-refractivity contribution in [1.82, 2.24) is 14.5 Å². The molecule has 23 heavy (non-hydrogen) atoms. The maximum Gasteiger partial charge on any atom is 0.472 e. The average Bonchev–Trinajstić information content (AvgIpc) is 3.06. The van der Waals surface area contributed by atoms with Crippen LogP contribution in [-0.2, 0) is 0 Å². The predicted molar refractivity (Wildman–Crippen MR) is 60.5 cm³/mol. The van der Waals surface area contributed by atoms with Gasteiger partial charge in [0.15, 0.2) is 0 Å². The van der Waals surface area contributed by atoms with Crippen LogP contribution >= 0.6 is 0 Å². The van der Waals surface area contributed by atoms with E-state index in [0.717, 1.165) is 25.0 Å². The molecule has 12 heteroatoms. The highest BCUT2D eigenvalue weighted by molar-refractivity contribution is 5.96. The lowest BCUT2D eigenvalue weighted by atomic mass is 10.4. The molecule has 0 spiro atoms. The van der Waals surface area contributed by atoms with Gasteiger partial charge in [-0.25, -0.2) is 9.97 Å². The second-order valence-electron chi connectivity index (χ2n) is 3.89. The lowest BCUT2D eigenvalue weighted by Gasteiger charge is -2.03. The van der Waals surface area contributed by atoms with E-state index in [4.69, 9.17) is 0 Å². The van der Waals surface area contributed by atoms with Gasteiger partial charge in [-0.3, -0.25) is 14.2 Å². The Kier molecular flexibility index (Phi) is 5.30. The summed E-state index contributed by atoms with van der Waals surface area (Å²) in [6, 6.07) is 0. The Morgan fingerprint density at radius 2 is 1.74 bits per heavy atom. The smallest absolute Gasteiger partial charge is 0.442 e. The number of aryl methyl sites for hydroxylation is 1. The summed E-state index contributed by atoms with van der Waals surface area (Å²) in [5.74, 6) is -4.91. The number of rotatable bonds is 1. The summed E-state index contributed by atoms with van der Waals surface area (Å²) in [6.07, 6.45) is -5.92. The van der Waals surface area contributed by atoms with Crippen molar-refractivity contribution in [2.75, 3.05) is 0 Å². The fourth-order valence-corrected chi connectivity index (χ4v) is 1.11. The van der Waals surface area contributed by atoms with E-state index >= 15 is 0 Å². The molecule has 2 aromatic rings. The fraction of sp³-hybridized carbons (Fsp3) is 0.273. The maximum atomic E-state index is 11.7. The van der Waals surface area contributed by atoms with Gasteiger partial charge in [-0.15, -0.1) is 0 Å². The minimum absolute atomic E-state index is 0.239.